The van der Waals surface area contributed by atoms with Gasteiger partial charge in [0, 0.05) is 53.4 Å². The minimum Gasteiger partial charge on any atom is -0.377 e. The van der Waals surface area contributed by atoms with Gasteiger partial charge in [-0.25, -0.2) is 0 Å². The first-order chi connectivity index (χ1) is 12.7. The topological polar surface area (TPSA) is 26.2 Å². The Balaban J connectivity index is 0.00000210. The lowest BCUT2D eigenvalue weighted by Gasteiger charge is -2.10. The van der Waals surface area contributed by atoms with Gasteiger partial charge in [-0.3, -0.25) is 0 Å². The molecule has 6 heteroatoms. The smallest absolute Gasteiger partial charge is 0.0700 e. The Labute approximate surface area is 176 Å². The summed E-state index contributed by atoms with van der Waals surface area (Å²) in [6.07, 6.45) is 4.91. The van der Waals surface area contributed by atoms with Gasteiger partial charge in [-0.1, -0.05) is 47.5 Å². The largest absolute Gasteiger partial charge is 0.377 e. The second-order valence-corrected chi connectivity index (χ2v) is 7.64. The van der Waals surface area contributed by atoms with Crippen LogP contribution in [-0.2, 0) is 17.8 Å². The Hall–Kier alpha value is -1.23. The van der Waals surface area contributed by atoms with Crippen LogP contribution in [-0.4, -0.2) is 23.8 Å². The predicted octanol–water partition coefficient (Wildman–Crippen LogP) is 5.69. The number of benzene rings is 2. The van der Waals surface area contributed by atoms with E-state index in [9.17, 15) is 0 Å². The van der Waals surface area contributed by atoms with E-state index in [0.717, 1.165) is 38.2 Å². The molecule has 1 atom stereocenters. The molecule has 27 heavy (non-hydrogen) atoms. The van der Waals surface area contributed by atoms with Crippen LogP contribution in [0.2, 0.25) is 10.0 Å². The lowest BCUT2D eigenvalue weighted by atomic mass is 10.1. The molecule has 1 saturated heterocycles. The fraction of sp³-hybridized carbons (Fsp3) is 0.333. The van der Waals surface area contributed by atoms with Crippen molar-refractivity contribution in [1.82, 2.24) is 9.88 Å². The maximum Gasteiger partial charge on any atom is 0.0700 e. The number of aromatic nitrogens is 1. The minimum absolute atomic E-state index is 0. The van der Waals surface area contributed by atoms with Gasteiger partial charge in [0.25, 0.3) is 0 Å². The van der Waals surface area contributed by atoms with E-state index in [0.29, 0.717) is 16.1 Å². The number of hydrogen-bond acceptors (Lipinski definition) is 2. The average molecular weight is 426 g/mol. The maximum atomic E-state index is 6.37. The molecular weight excluding hydrogens is 403 g/mol. The van der Waals surface area contributed by atoms with Gasteiger partial charge in [0.15, 0.2) is 0 Å². The molecule has 1 aliphatic heterocycles. The van der Waals surface area contributed by atoms with Crippen LogP contribution in [0.4, 0.5) is 0 Å². The Morgan fingerprint density at radius 2 is 1.96 bits per heavy atom. The first-order valence-corrected chi connectivity index (χ1v) is 9.79. The molecule has 0 aliphatic carbocycles. The average Bonchev–Trinajstić information content (AvgIpc) is 3.26. The van der Waals surface area contributed by atoms with Crippen LogP contribution in [0.25, 0.3) is 10.9 Å². The van der Waals surface area contributed by atoms with Crippen LogP contribution >= 0.6 is 35.6 Å². The first-order valence-electron chi connectivity index (χ1n) is 9.04. The number of fused-ring (bicyclic) bond motifs is 1. The summed E-state index contributed by atoms with van der Waals surface area (Å²) in [5, 5.41) is 6.19. The Morgan fingerprint density at radius 3 is 2.74 bits per heavy atom. The molecule has 0 bridgehead atoms. The monoisotopic (exact) mass is 424 g/mol. The molecule has 1 unspecified atom stereocenters. The van der Waals surface area contributed by atoms with Crippen molar-refractivity contribution >= 4 is 46.5 Å². The highest BCUT2D eigenvalue weighted by Gasteiger charge is 2.15. The van der Waals surface area contributed by atoms with Crippen LogP contribution < -0.4 is 5.32 Å². The van der Waals surface area contributed by atoms with Crippen molar-refractivity contribution in [2.45, 2.75) is 32.0 Å². The van der Waals surface area contributed by atoms with E-state index in [1.807, 2.05) is 12.1 Å². The quantitative estimate of drug-likeness (QED) is 0.549. The minimum atomic E-state index is 0. The Bertz CT molecular complexity index is 904. The van der Waals surface area contributed by atoms with E-state index < -0.39 is 0 Å². The number of nitrogens with one attached hydrogen (secondary N) is 1. The second-order valence-electron chi connectivity index (χ2n) is 6.80. The number of halogens is 3. The van der Waals surface area contributed by atoms with Crippen molar-refractivity contribution in [2.24, 2.45) is 0 Å². The van der Waals surface area contributed by atoms with E-state index in [4.69, 9.17) is 27.9 Å². The molecule has 0 amide bonds. The summed E-state index contributed by atoms with van der Waals surface area (Å²) in [5.41, 5.74) is 3.58. The van der Waals surface area contributed by atoms with Crippen molar-refractivity contribution in [2.75, 3.05) is 13.2 Å². The summed E-state index contributed by atoms with van der Waals surface area (Å²) in [5.74, 6) is 0. The van der Waals surface area contributed by atoms with Gasteiger partial charge in [-0.2, -0.15) is 0 Å². The van der Waals surface area contributed by atoms with Gasteiger partial charge < -0.3 is 14.6 Å². The van der Waals surface area contributed by atoms with Gasteiger partial charge in [0.2, 0.25) is 0 Å². The molecule has 2 heterocycles. The predicted molar refractivity (Wildman–Crippen MR) is 115 cm³/mol. The molecule has 4 rings (SSSR count). The molecule has 1 aromatic heterocycles. The molecule has 1 fully saturated rings. The summed E-state index contributed by atoms with van der Waals surface area (Å²) >= 11 is 12.4. The molecule has 144 valence electrons. The maximum absolute atomic E-state index is 6.37. The molecule has 0 spiro atoms. The van der Waals surface area contributed by atoms with Crippen LogP contribution in [0, 0.1) is 0 Å². The van der Waals surface area contributed by atoms with Gasteiger partial charge in [0.05, 0.1) is 6.10 Å². The highest BCUT2D eigenvalue weighted by Crippen LogP contribution is 2.26. The highest BCUT2D eigenvalue weighted by molar-refractivity contribution is 6.35. The second kappa shape index (κ2) is 9.31. The molecule has 1 aliphatic rings. The summed E-state index contributed by atoms with van der Waals surface area (Å²) in [7, 11) is 0. The Morgan fingerprint density at radius 1 is 1.11 bits per heavy atom. The molecule has 3 nitrogen and oxygen atoms in total. The molecule has 2 aromatic carbocycles. The third-order valence-corrected chi connectivity index (χ3v) is 5.53. The van der Waals surface area contributed by atoms with E-state index in [2.05, 4.69) is 40.3 Å². The van der Waals surface area contributed by atoms with Crippen LogP contribution in [0.1, 0.15) is 24.0 Å². The van der Waals surface area contributed by atoms with Crippen molar-refractivity contribution in [1.29, 1.82) is 0 Å². The number of ether oxygens (including phenoxy) is 1. The Kier molecular flexibility index (Phi) is 7.07. The zero-order chi connectivity index (χ0) is 17.9. The lowest BCUT2D eigenvalue weighted by molar-refractivity contribution is 0.110. The van der Waals surface area contributed by atoms with E-state index in [1.165, 1.54) is 22.9 Å². The number of hydrogen-bond donors (Lipinski definition) is 1. The van der Waals surface area contributed by atoms with Gasteiger partial charge in [-0.15, -0.1) is 12.4 Å². The summed E-state index contributed by atoms with van der Waals surface area (Å²) in [6, 6.07) is 14.2. The summed E-state index contributed by atoms with van der Waals surface area (Å²) in [4.78, 5) is 0. The fourth-order valence-electron chi connectivity index (χ4n) is 3.60. The molecular formula is C21H23Cl3N2O. The standard InChI is InChI=1S/C21H22Cl2N2O.ClH/c22-17-8-7-15(20(23)10-17)13-25-14-16(19-5-1-2-6-21(19)25)11-24-12-18-4-3-9-26-18;/h1-2,5-8,10,14,18,24H,3-4,9,11-13H2;1H. The number of para-hydroxylation sites is 1. The van der Waals surface area contributed by atoms with Crippen molar-refractivity contribution in [3.63, 3.8) is 0 Å². The zero-order valence-corrected chi connectivity index (χ0v) is 17.3. The lowest BCUT2D eigenvalue weighted by Crippen LogP contribution is -2.25. The molecule has 1 N–H and O–H groups in total. The summed E-state index contributed by atoms with van der Waals surface area (Å²) in [6.45, 7) is 3.36. The normalized spacial score (nSPS) is 16.6. The van der Waals surface area contributed by atoms with E-state index in [-0.39, 0.29) is 12.4 Å². The SMILES string of the molecule is Cl.Clc1ccc(Cn2cc(CNCC3CCCO3)c3ccccc32)c(Cl)c1. The molecule has 3 aromatic rings. The first kappa shape index (κ1) is 20.5. The number of rotatable bonds is 6. The van der Waals surface area contributed by atoms with Crippen molar-refractivity contribution in [3.8, 4) is 0 Å². The fourth-order valence-corrected chi connectivity index (χ4v) is 4.07. The summed E-state index contributed by atoms with van der Waals surface area (Å²) < 4.78 is 7.95. The van der Waals surface area contributed by atoms with Gasteiger partial charge in [-0.05, 0) is 42.2 Å². The third kappa shape index (κ3) is 4.79. The zero-order valence-electron chi connectivity index (χ0n) is 15.0. The molecule has 0 radical (unpaired) electrons. The highest BCUT2D eigenvalue weighted by atomic mass is 35.5. The van der Waals surface area contributed by atoms with E-state index >= 15 is 0 Å². The third-order valence-electron chi connectivity index (χ3n) is 4.94. The van der Waals surface area contributed by atoms with Gasteiger partial charge >= 0.3 is 0 Å². The molecule has 0 saturated carbocycles. The van der Waals surface area contributed by atoms with Crippen LogP contribution in [0.15, 0.2) is 48.7 Å². The van der Waals surface area contributed by atoms with Crippen LogP contribution in [0.5, 0.6) is 0 Å². The number of nitrogens with zero attached hydrogens (tertiary/aromatic N) is 1. The van der Waals surface area contributed by atoms with E-state index in [1.54, 1.807) is 6.07 Å². The van der Waals surface area contributed by atoms with Gasteiger partial charge in [0.1, 0.15) is 0 Å². The van der Waals surface area contributed by atoms with Crippen molar-refractivity contribution < 1.29 is 4.74 Å². The van der Waals surface area contributed by atoms with Crippen LogP contribution in [0.3, 0.4) is 0 Å². The van der Waals surface area contributed by atoms with Crippen molar-refractivity contribution in [3.05, 3.63) is 69.8 Å².